The molecule has 1 aromatic carbocycles. The maximum Gasteiger partial charge on any atom is 0.273 e. The van der Waals surface area contributed by atoms with E-state index in [1.807, 2.05) is 30.3 Å². The van der Waals surface area contributed by atoms with E-state index in [9.17, 15) is 9.90 Å². The Morgan fingerprint density at radius 3 is 3.11 bits per heavy atom. The van der Waals surface area contributed by atoms with Crippen molar-refractivity contribution >= 4 is 28.4 Å². The zero-order valence-electron chi connectivity index (χ0n) is 15.7. The van der Waals surface area contributed by atoms with Gasteiger partial charge >= 0.3 is 0 Å². The molecule has 3 heterocycles. The second-order valence-electron chi connectivity index (χ2n) is 7.48. The minimum Gasteiger partial charge on any atom is -0.508 e. The van der Waals surface area contributed by atoms with Gasteiger partial charge in [0.05, 0.1) is 0 Å². The van der Waals surface area contributed by atoms with E-state index >= 15 is 0 Å². The fourth-order valence-electron chi connectivity index (χ4n) is 3.95. The summed E-state index contributed by atoms with van der Waals surface area (Å²) in [6.45, 7) is 2.98. The van der Waals surface area contributed by atoms with Crippen LogP contribution in [0, 0.1) is 5.92 Å². The molecule has 1 aliphatic heterocycles. The number of aromatic hydroxyl groups is 1. The minimum absolute atomic E-state index is 0.00798. The van der Waals surface area contributed by atoms with E-state index in [0.717, 1.165) is 42.5 Å². The molecule has 0 bridgehead atoms. The highest BCUT2D eigenvalue weighted by Gasteiger charge is 2.29. The topological polar surface area (TPSA) is 72.5 Å². The number of nitrogens with one attached hydrogen (secondary N) is 1. The lowest BCUT2D eigenvalue weighted by molar-refractivity contribution is 0.0780. The SMILES string of the molecule is CN(Cc1cc(O)ccc1Cl)CC1CCN(C(=O)c2nccc3[nH]ccc23)C1. The van der Waals surface area contributed by atoms with Crippen LogP contribution in [0.2, 0.25) is 5.02 Å². The summed E-state index contributed by atoms with van der Waals surface area (Å²) in [6, 6.07) is 8.78. The van der Waals surface area contributed by atoms with Gasteiger partial charge in [0.25, 0.3) is 5.91 Å². The number of nitrogens with zero attached hydrogens (tertiary/aromatic N) is 3. The van der Waals surface area contributed by atoms with Crippen LogP contribution in [0.15, 0.2) is 42.7 Å². The van der Waals surface area contributed by atoms with Crippen molar-refractivity contribution in [2.24, 2.45) is 5.92 Å². The maximum atomic E-state index is 13.0. The molecule has 0 radical (unpaired) electrons. The Labute approximate surface area is 168 Å². The first-order valence-electron chi connectivity index (χ1n) is 9.38. The summed E-state index contributed by atoms with van der Waals surface area (Å²) in [5.74, 6) is 0.610. The normalized spacial score (nSPS) is 17.0. The van der Waals surface area contributed by atoms with Gasteiger partial charge in [-0.2, -0.15) is 0 Å². The second-order valence-corrected chi connectivity index (χ2v) is 7.88. The number of rotatable bonds is 5. The molecule has 2 aromatic heterocycles. The number of fused-ring (bicyclic) bond motifs is 1. The lowest BCUT2D eigenvalue weighted by atomic mass is 10.1. The van der Waals surface area contributed by atoms with Crippen molar-refractivity contribution in [1.29, 1.82) is 0 Å². The molecule has 0 aliphatic carbocycles. The number of likely N-dealkylation sites (tertiary alicyclic amines) is 1. The number of aromatic nitrogens is 2. The number of halogens is 1. The number of hydrogen-bond acceptors (Lipinski definition) is 4. The molecule has 1 atom stereocenters. The van der Waals surface area contributed by atoms with Crippen molar-refractivity contribution < 1.29 is 9.90 Å². The van der Waals surface area contributed by atoms with Gasteiger partial charge in [-0.3, -0.25) is 9.78 Å². The predicted octanol–water partition coefficient (Wildman–Crippen LogP) is 3.52. The van der Waals surface area contributed by atoms with Gasteiger partial charge in [-0.15, -0.1) is 0 Å². The maximum absolute atomic E-state index is 13.0. The molecule has 146 valence electrons. The number of carbonyl (C=O) groups is 1. The summed E-state index contributed by atoms with van der Waals surface area (Å²) >= 11 is 6.23. The summed E-state index contributed by atoms with van der Waals surface area (Å²) in [4.78, 5) is 24.5. The van der Waals surface area contributed by atoms with Crippen LogP contribution >= 0.6 is 11.6 Å². The van der Waals surface area contributed by atoms with Crippen LogP contribution in [0.5, 0.6) is 5.75 Å². The lowest BCUT2D eigenvalue weighted by Crippen LogP contribution is -2.32. The molecule has 6 nitrogen and oxygen atoms in total. The van der Waals surface area contributed by atoms with E-state index in [2.05, 4.69) is 14.9 Å². The zero-order valence-corrected chi connectivity index (χ0v) is 16.5. The van der Waals surface area contributed by atoms with Crippen LogP contribution in [0.1, 0.15) is 22.5 Å². The Morgan fingerprint density at radius 1 is 1.39 bits per heavy atom. The largest absolute Gasteiger partial charge is 0.508 e. The van der Waals surface area contributed by atoms with Gasteiger partial charge in [-0.05, 0) is 55.3 Å². The standard InChI is InChI=1S/C21H23ClN4O2/c1-25(13-15-10-16(27)2-3-18(15)22)11-14-6-9-26(12-14)21(28)20-17-4-7-23-19(17)5-8-24-20/h2-5,7-8,10,14,23,27H,6,9,11-13H2,1H3. The van der Waals surface area contributed by atoms with Gasteiger partial charge in [0.2, 0.25) is 0 Å². The van der Waals surface area contributed by atoms with Crippen LogP contribution in [-0.2, 0) is 6.54 Å². The van der Waals surface area contributed by atoms with Gasteiger partial charge < -0.3 is 19.9 Å². The number of phenols is 1. The van der Waals surface area contributed by atoms with Crippen LogP contribution in [-0.4, -0.2) is 57.5 Å². The molecule has 1 unspecified atom stereocenters. The summed E-state index contributed by atoms with van der Waals surface area (Å²) < 4.78 is 0. The minimum atomic E-state index is -0.00798. The fraction of sp³-hybridized carbons (Fsp3) is 0.333. The first kappa shape index (κ1) is 18.8. The number of aromatic amines is 1. The van der Waals surface area contributed by atoms with Crippen molar-refractivity contribution in [2.45, 2.75) is 13.0 Å². The monoisotopic (exact) mass is 398 g/mol. The highest BCUT2D eigenvalue weighted by molar-refractivity contribution is 6.31. The summed E-state index contributed by atoms with van der Waals surface area (Å²) in [5.41, 5.74) is 2.34. The van der Waals surface area contributed by atoms with E-state index in [-0.39, 0.29) is 11.7 Å². The molecule has 3 aromatic rings. The fourth-order valence-corrected chi connectivity index (χ4v) is 4.12. The summed E-state index contributed by atoms with van der Waals surface area (Å²) in [5, 5.41) is 11.2. The van der Waals surface area contributed by atoms with Crippen LogP contribution in [0.25, 0.3) is 10.9 Å². The first-order chi connectivity index (χ1) is 13.5. The molecule has 1 amide bonds. The Bertz CT molecular complexity index is 1000. The summed E-state index contributed by atoms with van der Waals surface area (Å²) in [7, 11) is 2.03. The molecule has 0 spiro atoms. The average Bonchev–Trinajstić information content (AvgIpc) is 3.33. The molecule has 4 rings (SSSR count). The lowest BCUT2D eigenvalue weighted by Gasteiger charge is -2.22. The number of hydrogen-bond donors (Lipinski definition) is 2. The van der Waals surface area contributed by atoms with Gasteiger partial charge in [-0.25, -0.2) is 0 Å². The van der Waals surface area contributed by atoms with Crippen LogP contribution in [0.3, 0.4) is 0 Å². The van der Waals surface area contributed by atoms with E-state index in [1.165, 1.54) is 0 Å². The number of phenolic OH excluding ortho intramolecular Hbond substituents is 1. The molecule has 0 saturated carbocycles. The molecular weight excluding hydrogens is 376 g/mol. The van der Waals surface area contributed by atoms with E-state index < -0.39 is 0 Å². The van der Waals surface area contributed by atoms with Crippen molar-refractivity contribution in [1.82, 2.24) is 19.8 Å². The van der Waals surface area contributed by atoms with Crippen molar-refractivity contribution in [2.75, 3.05) is 26.7 Å². The molecule has 2 N–H and O–H groups in total. The van der Waals surface area contributed by atoms with Gasteiger partial charge in [0.15, 0.2) is 0 Å². The molecular formula is C21H23ClN4O2. The molecule has 1 aliphatic rings. The van der Waals surface area contributed by atoms with Crippen LogP contribution < -0.4 is 0 Å². The smallest absolute Gasteiger partial charge is 0.273 e. The number of amides is 1. The Kier molecular flexibility index (Phi) is 5.24. The van der Waals surface area contributed by atoms with Crippen molar-refractivity contribution in [3.05, 3.63) is 59.0 Å². The quantitative estimate of drug-likeness (QED) is 0.689. The van der Waals surface area contributed by atoms with E-state index in [0.29, 0.717) is 23.2 Å². The van der Waals surface area contributed by atoms with Gasteiger partial charge in [0, 0.05) is 54.5 Å². The highest BCUT2D eigenvalue weighted by atomic mass is 35.5. The predicted molar refractivity (Wildman–Crippen MR) is 110 cm³/mol. The summed E-state index contributed by atoms with van der Waals surface area (Å²) in [6.07, 6.45) is 4.47. The van der Waals surface area contributed by atoms with E-state index in [4.69, 9.17) is 11.6 Å². The van der Waals surface area contributed by atoms with Crippen molar-refractivity contribution in [3.8, 4) is 5.75 Å². The van der Waals surface area contributed by atoms with Crippen LogP contribution in [0.4, 0.5) is 0 Å². The third-order valence-electron chi connectivity index (χ3n) is 5.29. The first-order valence-corrected chi connectivity index (χ1v) is 9.76. The number of pyridine rings is 1. The number of H-pyrrole nitrogens is 1. The number of benzene rings is 1. The number of carbonyl (C=O) groups excluding carboxylic acids is 1. The van der Waals surface area contributed by atoms with Gasteiger partial charge in [-0.1, -0.05) is 11.6 Å². The van der Waals surface area contributed by atoms with Crippen molar-refractivity contribution in [3.63, 3.8) is 0 Å². The Hall–Kier alpha value is -2.57. The molecule has 7 heteroatoms. The van der Waals surface area contributed by atoms with E-state index in [1.54, 1.807) is 24.4 Å². The molecule has 28 heavy (non-hydrogen) atoms. The third-order valence-corrected chi connectivity index (χ3v) is 5.66. The average molecular weight is 399 g/mol. The van der Waals surface area contributed by atoms with Gasteiger partial charge in [0.1, 0.15) is 11.4 Å². The highest BCUT2D eigenvalue weighted by Crippen LogP contribution is 2.25. The zero-order chi connectivity index (χ0) is 19.7. The Balaban J connectivity index is 1.38. The molecule has 1 fully saturated rings. The third kappa shape index (κ3) is 3.84. The second kappa shape index (κ2) is 7.81. The molecule has 1 saturated heterocycles. The Morgan fingerprint density at radius 2 is 2.25 bits per heavy atom.